The summed E-state index contributed by atoms with van der Waals surface area (Å²) in [6, 6.07) is 21.2. The van der Waals surface area contributed by atoms with E-state index in [4.69, 9.17) is 0 Å². The summed E-state index contributed by atoms with van der Waals surface area (Å²) in [5.74, 6) is -0.414. The van der Waals surface area contributed by atoms with Crippen molar-refractivity contribution < 1.29 is 9.18 Å². The standard InChI is InChI=1S/C20H16FNO/c1-14-2-12-19(13-3-14)22-20(23)17-6-4-15(5-7-17)16-8-10-18(21)11-9-16/h2-13H,1H3,(H,22,23). The molecule has 0 saturated carbocycles. The minimum absolute atomic E-state index is 0.153. The van der Waals surface area contributed by atoms with Crippen molar-refractivity contribution in [3.05, 3.63) is 89.7 Å². The molecule has 0 heterocycles. The first-order valence-corrected chi connectivity index (χ1v) is 7.36. The summed E-state index contributed by atoms with van der Waals surface area (Å²) >= 11 is 0. The summed E-state index contributed by atoms with van der Waals surface area (Å²) in [6.07, 6.45) is 0. The van der Waals surface area contributed by atoms with E-state index in [2.05, 4.69) is 5.32 Å². The van der Waals surface area contributed by atoms with E-state index in [0.717, 1.165) is 22.4 Å². The van der Waals surface area contributed by atoms with Crippen LogP contribution in [0.2, 0.25) is 0 Å². The molecule has 0 radical (unpaired) electrons. The average molecular weight is 305 g/mol. The van der Waals surface area contributed by atoms with Gasteiger partial charge < -0.3 is 5.32 Å². The largest absolute Gasteiger partial charge is 0.322 e. The van der Waals surface area contributed by atoms with Crippen LogP contribution in [0.25, 0.3) is 11.1 Å². The smallest absolute Gasteiger partial charge is 0.255 e. The van der Waals surface area contributed by atoms with E-state index < -0.39 is 0 Å². The van der Waals surface area contributed by atoms with Crippen LogP contribution in [0.3, 0.4) is 0 Å². The minimum atomic E-state index is -0.261. The van der Waals surface area contributed by atoms with Crippen molar-refractivity contribution in [3.8, 4) is 11.1 Å². The summed E-state index contributed by atoms with van der Waals surface area (Å²) in [5, 5.41) is 2.86. The van der Waals surface area contributed by atoms with E-state index in [9.17, 15) is 9.18 Å². The zero-order chi connectivity index (χ0) is 16.2. The van der Waals surface area contributed by atoms with Gasteiger partial charge >= 0.3 is 0 Å². The number of carbonyl (C=O) groups is 1. The fraction of sp³-hybridized carbons (Fsp3) is 0.0500. The molecule has 1 N–H and O–H groups in total. The Morgan fingerprint density at radius 1 is 0.783 bits per heavy atom. The van der Waals surface area contributed by atoms with Crippen LogP contribution in [0, 0.1) is 12.7 Å². The second kappa shape index (κ2) is 6.44. The Balaban J connectivity index is 1.74. The summed E-state index contributed by atoms with van der Waals surface area (Å²) < 4.78 is 13.0. The molecule has 3 rings (SSSR count). The predicted octanol–water partition coefficient (Wildman–Crippen LogP) is 5.05. The number of rotatable bonds is 3. The van der Waals surface area contributed by atoms with Crippen LogP contribution >= 0.6 is 0 Å². The first-order valence-electron chi connectivity index (χ1n) is 7.36. The van der Waals surface area contributed by atoms with Crippen molar-refractivity contribution in [2.75, 3.05) is 5.32 Å². The number of carbonyl (C=O) groups excluding carboxylic acids is 1. The molecule has 0 atom stereocenters. The molecule has 23 heavy (non-hydrogen) atoms. The van der Waals surface area contributed by atoms with Gasteiger partial charge in [0.05, 0.1) is 0 Å². The fourth-order valence-electron chi connectivity index (χ4n) is 2.30. The van der Waals surface area contributed by atoms with Gasteiger partial charge in [0.1, 0.15) is 5.82 Å². The zero-order valence-electron chi connectivity index (χ0n) is 12.7. The fourth-order valence-corrected chi connectivity index (χ4v) is 2.30. The molecule has 0 aliphatic heterocycles. The molecule has 0 unspecified atom stereocenters. The quantitative estimate of drug-likeness (QED) is 0.720. The molecular weight excluding hydrogens is 289 g/mol. The van der Waals surface area contributed by atoms with Crippen LogP contribution in [-0.4, -0.2) is 5.91 Å². The van der Waals surface area contributed by atoms with Gasteiger partial charge in [-0.3, -0.25) is 4.79 Å². The van der Waals surface area contributed by atoms with E-state index in [1.807, 2.05) is 43.3 Å². The number of anilines is 1. The second-order valence-corrected chi connectivity index (χ2v) is 5.40. The number of hydrogen-bond donors (Lipinski definition) is 1. The highest BCUT2D eigenvalue weighted by Gasteiger charge is 2.06. The van der Waals surface area contributed by atoms with Gasteiger partial charge in [0.2, 0.25) is 0 Å². The molecule has 0 fully saturated rings. The number of amides is 1. The topological polar surface area (TPSA) is 29.1 Å². The van der Waals surface area contributed by atoms with Crippen molar-refractivity contribution in [2.45, 2.75) is 6.92 Å². The molecule has 3 heteroatoms. The molecule has 0 spiro atoms. The van der Waals surface area contributed by atoms with Crippen LogP contribution in [0.1, 0.15) is 15.9 Å². The van der Waals surface area contributed by atoms with E-state index in [-0.39, 0.29) is 11.7 Å². The van der Waals surface area contributed by atoms with E-state index in [1.54, 1.807) is 24.3 Å². The van der Waals surface area contributed by atoms with E-state index >= 15 is 0 Å². The minimum Gasteiger partial charge on any atom is -0.322 e. The Labute approximate surface area is 134 Å². The van der Waals surface area contributed by atoms with E-state index in [1.165, 1.54) is 12.1 Å². The maximum atomic E-state index is 13.0. The number of nitrogens with one attached hydrogen (secondary N) is 1. The Bertz CT molecular complexity index is 806. The molecule has 1 amide bonds. The third-order valence-electron chi connectivity index (χ3n) is 3.63. The first-order chi connectivity index (χ1) is 11.1. The van der Waals surface area contributed by atoms with Gasteiger partial charge in [0.15, 0.2) is 0 Å². The molecule has 3 aromatic carbocycles. The lowest BCUT2D eigenvalue weighted by Crippen LogP contribution is -2.11. The predicted molar refractivity (Wildman–Crippen MR) is 91.0 cm³/mol. The van der Waals surface area contributed by atoms with Gasteiger partial charge in [-0.1, -0.05) is 42.0 Å². The van der Waals surface area contributed by atoms with Crippen molar-refractivity contribution in [1.82, 2.24) is 0 Å². The van der Waals surface area contributed by atoms with Crippen LogP contribution in [0.4, 0.5) is 10.1 Å². The highest BCUT2D eigenvalue weighted by molar-refractivity contribution is 6.04. The summed E-state index contributed by atoms with van der Waals surface area (Å²) in [4.78, 5) is 12.2. The third kappa shape index (κ3) is 3.64. The van der Waals surface area contributed by atoms with Crippen LogP contribution in [-0.2, 0) is 0 Å². The Kier molecular flexibility index (Phi) is 4.20. The number of aryl methyl sites for hydroxylation is 1. The molecule has 3 aromatic rings. The lowest BCUT2D eigenvalue weighted by Gasteiger charge is -2.07. The van der Waals surface area contributed by atoms with Crippen LogP contribution < -0.4 is 5.32 Å². The molecule has 0 aliphatic carbocycles. The van der Waals surface area contributed by atoms with Crippen LogP contribution in [0.5, 0.6) is 0 Å². The van der Waals surface area contributed by atoms with Crippen LogP contribution in [0.15, 0.2) is 72.8 Å². The highest BCUT2D eigenvalue weighted by atomic mass is 19.1. The highest BCUT2D eigenvalue weighted by Crippen LogP contribution is 2.20. The van der Waals surface area contributed by atoms with Gasteiger partial charge in [-0.2, -0.15) is 0 Å². The normalized spacial score (nSPS) is 10.3. The third-order valence-corrected chi connectivity index (χ3v) is 3.63. The maximum Gasteiger partial charge on any atom is 0.255 e. The molecule has 0 saturated heterocycles. The summed E-state index contributed by atoms with van der Waals surface area (Å²) in [6.45, 7) is 2.00. The Hall–Kier alpha value is -2.94. The number of hydrogen-bond acceptors (Lipinski definition) is 1. The molecule has 0 bridgehead atoms. The van der Waals surface area contributed by atoms with Gasteiger partial charge in [-0.15, -0.1) is 0 Å². The zero-order valence-corrected chi connectivity index (χ0v) is 12.7. The van der Waals surface area contributed by atoms with Crippen molar-refractivity contribution >= 4 is 11.6 Å². The number of benzene rings is 3. The van der Waals surface area contributed by atoms with Gasteiger partial charge in [0, 0.05) is 11.3 Å². The van der Waals surface area contributed by atoms with Crippen molar-refractivity contribution in [1.29, 1.82) is 0 Å². The second-order valence-electron chi connectivity index (χ2n) is 5.40. The summed E-state index contributed by atoms with van der Waals surface area (Å²) in [7, 11) is 0. The molecule has 114 valence electrons. The Morgan fingerprint density at radius 2 is 1.30 bits per heavy atom. The maximum absolute atomic E-state index is 13.0. The first kappa shape index (κ1) is 15.0. The van der Waals surface area contributed by atoms with Gasteiger partial charge in [-0.05, 0) is 54.4 Å². The number of halogens is 1. The van der Waals surface area contributed by atoms with Gasteiger partial charge in [-0.25, -0.2) is 4.39 Å². The molecule has 0 aromatic heterocycles. The molecular formula is C20H16FNO. The lowest BCUT2D eigenvalue weighted by molar-refractivity contribution is 0.102. The van der Waals surface area contributed by atoms with Gasteiger partial charge in [0.25, 0.3) is 5.91 Å². The Morgan fingerprint density at radius 3 is 1.87 bits per heavy atom. The SMILES string of the molecule is Cc1ccc(NC(=O)c2ccc(-c3ccc(F)cc3)cc2)cc1. The molecule has 0 aliphatic rings. The summed E-state index contributed by atoms with van der Waals surface area (Å²) in [5.41, 5.74) is 4.35. The van der Waals surface area contributed by atoms with E-state index in [0.29, 0.717) is 5.56 Å². The van der Waals surface area contributed by atoms with Crippen molar-refractivity contribution in [2.24, 2.45) is 0 Å². The average Bonchev–Trinajstić information content (AvgIpc) is 2.58. The lowest BCUT2D eigenvalue weighted by atomic mass is 10.0. The monoisotopic (exact) mass is 305 g/mol. The molecule has 2 nitrogen and oxygen atoms in total. The van der Waals surface area contributed by atoms with Crippen molar-refractivity contribution in [3.63, 3.8) is 0 Å².